The molecular formula is C22H20BrClN4O. The number of H-pyrrole nitrogens is 2. The SMILES string of the molecule is CCc1cc(Br)c2nc(-c3c(NCCc4cccc(Cl)c4)cc[nH]c3=O)[nH]c2c1. The Morgan fingerprint density at radius 2 is 2.03 bits per heavy atom. The largest absolute Gasteiger partial charge is 0.384 e. The van der Waals surface area contributed by atoms with Crippen LogP contribution in [0.25, 0.3) is 22.4 Å². The van der Waals surface area contributed by atoms with E-state index in [1.54, 1.807) is 6.20 Å². The molecule has 0 unspecified atom stereocenters. The first kappa shape index (κ1) is 19.7. The number of fused-ring (bicyclic) bond motifs is 1. The van der Waals surface area contributed by atoms with Gasteiger partial charge in [0.15, 0.2) is 0 Å². The van der Waals surface area contributed by atoms with Crippen LogP contribution in [0.5, 0.6) is 0 Å². The fourth-order valence-electron chi connectivity index (χ4n) is 3.35. The van der Waals surface area contributed by atoms with Crippen molar-refractivity contribution in [3.8, 4) is 11.4 Å². The number of nitrogens with zero attached hydrogens (tertiary/aromatic N) is 1. The van der Waals surface area contributed by atoms with E-state index in [-0.39, 0.29) is 5.56 Å². The van der Waals surface area contributed by atoms with Gasteiger partial charge in [-0.25, -0.2) is 4.98 Å². The minimum atomic E-state index is -0.191. The Hall–Kier alpha value is -2.57. The molecular weight excluding hydrogens is 452 g/mol. The molecule has 0 saturated heterocycles. The van der Waals surface area contributed by atoms with Crippen molar-refractivity contribution in [2.75, 3.05) is 11.9 Å². The maximum atomic E-state index is 12.6. The van der Waals surface area contributed by atoms with Gasteiger partial charge in [-0.3, -0.25) is 4.79 Å². The van der Waals surface area contributed by atoms with Crippen LogP contribution in [0.15, 0.2) is 57.9 Å². The molecule has 2 aromatic carbocycles. The molecule has 0 radical (unpaired) electrons. The van der Waals surface area contributed by atoms with Gasteiger partial charge < -0.3 is 15.3 Å². The molecule has 5 nitrogen and oxygen atoms in total. The summed E-state index contributed by atoms with van der Waals surface area (Å²) in [5.74, 6) is 0.543. The molecule has 0 aliphatic carbocycles. The molecule has 0 aliphatic rings. The molecule has 2 heterocycles. The van der Waals surface area contributed by atoms with Crippen LogP contribution in [0, 0.1) is 0 Å². The molecule has 4 aromatic rings. The van der Waals surface area contributed by atoms with Crippen molar-refractivity contribution >= 4 is 44.3 Å². The van der Waals surface area contributed by atoms with Crippen LogP contribution < -0.4 is 10.9 Å². The second-order valence-electron chi connectivity index (χ2n) is 6.81. The van der Waals surface area contributed by atoms with E-state index in [0.29, 0.717) is 17.9 Å². The van der Waals surface area contributed by atoms with E-state index in [1.165, 1.54) is 5.56 Å². The molecule has 7 heteroatoms. The zero-order valence-electron chi connectivity index (χ0n) is 15.9. The first-order valence-corrected chi connectivity index (χ1v) is 10.6. The van der Waals surface area contributed by atoms with Crippen molar-refractivity contribution in [1.82, 2.24) is 15.0 Å². The summed E-state index contributed by atoms with van der Waals surface area (Å²) in [5, 5.41) is 4.09. The number of aromatic amines is 2. The van der Waals surface area contributed by atoms with Gasteiger partial charge in [-0.15, -0.1) is 0 Å². The summed E-state index contributed by atoms with van der Waals surface area (Å²) in [6, 6.07) is 13.8. The number of imidazole rings is 1. The van der Waals surface area contributed by atoms with E-state index in [9.17, 15) is 4.79 Å². The van der Waals surface area contributed by atoms with Gasteiger partial charge in [-0.2, -0.15) is 0 Å². The Morgan fingerprint density at radius 3 is 2.83 bits per heavy atom. The summed E-state index contributed by atoms with van der Waals surface area (Å²) < 4.78 is 0.914. The second kappa shape index (κ2) is 8.43. The highest BCUT2D eigenvalue weighted by Crippen LogP contribution is 2.29. The van der Waals surface area contributed by atoms with Crippen LogP contribution in [0.2, 0.25) is 5.02 Å². The predicted octanol–water partition coefficient (Wildman–Crippen LogP) is 5.55. The van der Waals surface area contributed by atoms with Gasteiger partial charge >= 0.3 is 0 Å². The Kier molecular flexibility index (Phi) is 5.74. The van der Waals surface area contributed by atoms with Crippen molar-refractivity contribution in [2.45, 2.75) is 19.8 Å². The molecule has 0 aliphatic heterocycles. The van der Waals surface area contributed by atoms with Crippen molar-refractivity contribution < 1.29 is 0 Å². The Labute approximate surface area is 181 Å². The Bertz CT molecular complexity index is 1230. The number of pyridine rings is 1. The maximum absolute atomic E-state index is 12.6. The lowest BCUT2D eigenvalue weighted by Gasteiger charge is -2.10. The Morgan fingerprint density at radius 1 is 1.17 bits per heavy atom. The first-order chi connectivity index (χ1) is 14.0. The van der Waals surface area contributed by atoms with Crippen LogP contribution >= 0.6 is 27.5 Å². The lowest BCUT2D eigenvalue weighted by molar-refractivity contribution is 1.02. The summed E-state index contributed by atoms with van der Waals surface area (Å²) in [7, 11) is 0. The van der Waals surface area contributed by atoms with Crippen LogP contribution in [-0.2, 0) is 12.8 Å². The van der Waals surface area contributed by atoms with Crippen LogP contribution in [0.1, 0.15) is 18.1 Å². The number of benzene rings is 2. The van der Waals surface area contributed by atoms with Gasteiger partial charge in [0.25, 0.3) is 5.56 Å². The summed E-state index contributed by atoms with van der Waals surface area (Å²) in [5.41, 5.74) is 5.09. The molecule has 2 aromatic heterocycles. The quantitative estimate of drug-likeness (QED) is 0.345. The number of hydrogen-bond donors (Lipinski definition) is 3. The number of anilines is 1. The molecule has 29 heavy (non-hydrogen) atoms. The number of aryl methyl sites for hydroxylation is 1. The fourth-order valence-corrected chi connectivity index (χ4v) is 4.16. The van der Waals surface area contributed by atoms with Gasteiger partial charge in [-0.1, -0.05) is 30.7 Å². The second-order valence-corrected chi connectivity index (χ2v) is 8.11. The highest BCUT2D eigenvalue weighted by atomic mass is 79.9. The number of halogens is 2. The molecule has 0 spiro atoms. The monoisotopic (exact) mass is 470 g/mol. The summed E-state index contributed by atoms with van der Waals surface area (Å²) in [6.45, 7) is 2.77. The van der Waals surface area contributed by atoms with Gasteiger partial charge in [0.05, 0.1) is 11.2 Å². The molecule has 4 rings (SSSR count). The van der Waals surface area contributed by atoms with E-state index >= 15 is 0 Å². The highest BCUT2D eigenvalue weighted by Gasteiger charge is 2.15. The molecule has 0 saturated carbocycles. The normalized spacial score (nSPS) is 11.1. The number of aromatic nitrogens is 3. The summed E-state index contributed by atoms with van der Waals surface area (Å²) in [4.78, 5) is 23.4. The summed E-state index contributed by atoms with van der Waals surface area (Å²) in [6.07, 6.45) is 3.35. The van der Waals surface area contributed by atoms with Crippen molar-refractivity contribution in [1.29, 1.82) is 0 Å². The number of hydrogen-bond acceptors (Lipinski definition) is 3. The van der Waals surface area contributed by atoms with Crippen molar-refractivity contribution in [3.05, 3.63) is 79.6 Å². The van der Waals surface area contributed by atoms with Gasteiger partial charge in [0.2, 0.25) is 0 Å². The lowest BCUT2D eigenvalue weighted by atomic mass is 10.1. The maximum Gasteiger partial charge on any atom is 0.261 e. The molecule has 148 valence electrons. The topological polar surface area (TPSA) is 73.6 Å². The third-order valence-corrected chi connectivity index (χ3v) is 5.66. The standard InChI is InChI=1S/C22H20BrClN4O/c1-2-13-11-16(23)20-18(12-13)27-21(28-20)19-17(7-9-26-22(19)29)25-8-6-14-4-3-5-15(24)10-14/h3-5,7,9-12H,2,6,8H2,1H3,(H,27,28)(H2,25,26,29). The van der Waals surface area contributed by atoms with Crippen LogP contribution in [0.3, 0.4) is 0 Å². The summed E-state index contributed by atoms with van der Waals surface area (Å²) >= 11 is 9.65. The predicted molar refractivity (Wildman–Crippen MR) is 123 cm³/mol. The zero-order chi connectivity index (χ0) is 20.4. The first-order valence-electron chi connectivity index (χ1n) is 9.43. The smallest absolute Gasteiger partial charge is 0.261 e. The average Bonchev–Trinajstić information content (AvgIpc) is 3.12. The molecule has 0 bridgehead atoms. The van der Waals surface area contributed by atoms with Crippen molar-refractivity contribution in [3.63, 3.8) is 0 Å². The molecule has 3 N–H and O–H groups in total. The van der Waals surface area contributed by atoms with E-state index in [1.807, 2.05) is 30.3 Å². The average molecular weight is 472 g/mol. The lowest BCUT2D eigenvalue weighted by Crippen LogP contribution is -2.14. The minimum absolute atomic E-state index is 0.191. The minimum Gasteiger partial charge on any atom is -0.384 e. The third kappa shape index (κ3) is 4.23. The molecule has 0 amide bonds. The van der Waals surface area contributed by atoms with E-state index in [4.69, 9.17) is 11.6 Å². The van der Waals surface area contributed by atoms with Crippen LogP contribution in [-0.4, -0.2) is 21.5 Å². The van der Waals surface area contributed by atoms with E-state index < -0.39 is 0 Å². The molecule has 0 fully saturated rings. The van der Waals surface area contributed by atoms with E-state index in [2.05, 4.69) is 55.3 Å². The van der Waals surface area contributed by atoms with Gasteiger partial charge in [-0.05, 0) is 70.2 Å². The van der Waals surface area contributed by atoms with E-state index in [0.717, 1.165) is 44.6 Å². The zero-order valence-corrected chi connectivity index (χ0v) is 18.2. The number of rotatable bonds is 6. The van der Waals surface area contributed by atoms with Gasteiger partial charge in [0, 0.05) is 22.2 Å². The highest BCUT2D eigenvalue weighted by molar-refractivity contribution is 9.10. The van der Waals surface area contributed by atoms with Crippen LogP contribution in [0.4, 0.5) is 5.69 Å². The Balaban J connectivity index is 1.65. The number of nitrogens with one attached hydrogen (secondary N) is 3. The fraction of sp³-hybridized carbons (Fsp3) is 0.182. The van der Waals surface area contributed by atoms with Gasteiger partial charge in [0.1, 0.15) is 16.9 Å². The molecule has 0 atom stereocenters. The third-order valence-electron chi connectivity index (χ3n) is 4.82. The van der Waals surface area contributed by atoms with Crippen molar-refractivity contribution in [2.24, 2.45) is 0 Å².